The zero-order valence-corrected chi connectivity index (χ0v) is 8.38. The predicted molar refractivity (Wildman–Crippen MR) is 53.2 cm³/mol. The Kier molecular flexibility index (Phi) is 8.40. The number of hydrogen-bond donors (Lipinski definition) is 0. The minimum atomic E-state index is 0.505. The summed E-state index contributed by atoms with van der Waals surface area (Å²) in [5.41, 5.74) is 0. The molecule has 0 aliphatic rings. The SMILES string of the molecule is CCCCCC(CC)CCN=O. The molecule has 0 rings (SSSR count). The summed E-state index contributed by atoms with van der Waals surface area (Å²) in [6, 6.07) is 0. The molecule has 0 aliphatic carbocycles. The molecule has 0 amide bonds. The van der Waals surface area contributed by atoms with Gasteiger partial charge in [-0.05, 0) is 12.3 Å². The first-order chi connectivity index (χ1) is 5.85. The van der Waals surface area contributed by atoms with Crippen LogP contribution in [0.15, 0.2) is 5.18 Å². The van der Waals surface area contributed by atoms with Crippen molar-refractivity contribution in [3.63, 3.8) is 0 Å². The van der Waals surface area contributed by atoms with E-state index >= 15 is 0 Å². The smallest absolute Gasteiger partial charge is 0.0813 e. The van der Waals surface area contributed by atoms with Gasteiger partial charge in [0.15, 0.2) is 0 Å². The Morgan fingerprint density at radius 3 is 2.42 bits per heavy atom. The minimum Gasteiger partial charge on any atom is -0.151 e. The monoisotopic (exact) mass is 171 g/mol. The van der Waals surface area contributed by atoms with Gasteiger partial charge in [0.05, 0.1) is 6.54 Å². The second kappa shape index (κ2) is 8.69. The molecule has 0 aliphatic heterocycles. The minimum absolute atomic E-state index is 0.505. The number of rotatable bonds is 8. The summed E-state index contributed by atoms with van der Waals surface area (Å²) in [5.74, 6) is 0.731. The van der Waals surface area contributed by atoms with Crippen molar-refractivity contribution in [1.82, 2.24) is 0 Å². The number of nitroso groups, excluding NO2 is 1. The molecule has 72 valence electrons. The van der Waals surface area contributed by atoms with E-state index in [0.717, 1.165) is 12.3 Å². The molecule has 0 radical (unpaired) electrons. The van der Waals surface area contributed by atoms with Crippen molar-refractivity contribution in [1.29, 1.82) is 0 Å². The summed E-state index contributed by atoms with van der Waals surface area (Å²) >= 11 is 0. The van der Waals surface area contributed by atoms with Crippen molar-refractivity contribution in [3.05, 3.63) is 4.91 Å². The molecule has 0 fully saturated rings. The highest BCUT2D eigenvalue weighted by Gasteiger charge is 2.04. The molecular formula is C10H21NO. The first-order valence-electron chi connectivity index (χ1n) is 5.14. The quantitative estimate of drug-likeness (QED) is 0.404. The Labute approximate surface area is 75.7 Å². The van der Waals surface area contributed by atoms with E-state index in [1.807, 2.05) is 0 Å². The maximum Gasteiger partial charge on any atom is 0.0813 e. The Hall–Kier alpha value is -0.400. The fourth-order valence-electron chi connectivity index (χ4n) is 1.47. The van der Waals surface area contributed by atoms with Crippen molar-refractivity contribution in [2.45, 2.75) is 52.4 Å². The van der Waals surface area contributed by atoms with Crippen molar-refractivity contribution in [2.75, 3.05) is 6.54 Å². The third kappa shape index (κ3) is 6.32. The van der Waals surface area contributed by atoms with Gasteiger partial charge in [0.1, 0.15) is 0 Å². The molecule has 1 unspecified atom stereocenters. The van der Waals surface area contributed by atoms with Crippen molar-refractivity contribution >= 4 is 0 Å². The van der Waals surface area contributed by atoms with Gasteiger partial charge < -0.3 is 0 Å². The number of nitrogens with zero attached hydrogens (tertiary/aromatic N) is 1. The Morgan fingerprint density at radius 2 is 1.92 bits per heavy atom. The van der Waals surface area contributed by atoms with E-state index in [4.69, 9.17) is 0 Å². The average molecular weight is 171 g/mol. The molecule has 12 heavy (non-hydrogen) atoms. The Morgan fingerprint density at radius 1 is 1.17 bits per heavy atom. The normalized spacial score (nSPS) is 12.8. The van der Waals surface area contributed by atoms with E-state index in [1.165, 1.54) is 32.1 Å². The van der Waals surface area contributed by atoms with Crippen LogP contribution in [0.3, 0.4) is 0 Å². The maximum atomic E-state index is 9.91. The third-order valence-electron chi connectivity index (χ3n) is 2.42. The van der Waals surface area contributed by atoms with Crippen LogP contribution in [-0.4, -0.2) is 6.54 Å². The molecule has 0 aromatic heterocycles. The number of hydrogen-bond acceptors (Lipinski definition) is 2. The highest BCUT2D eigenvalue weighted by atomic mass is 16.3. The van der Waals surface area contributed by atoms with Crippen LogP contribution < -0.4 is 0 Å². The lowest BCUT2D eigenvalue weighted by atomic mass is 9.95. The van der Waals surface area contributed by atoms with Gasteiger partial charge in [-0.15, -0.1) is 0 Å². The van der Waals surface area contributed by atoms with Crippen LogP contribution in [0.2, 0.25) is 0 Å². The van der Waals surface area contributed by atoms with Crippen LogP contribution in [0.1, 0.15) is 52.4 Å². The van der Waals surface area contributed by atoms with E-state index in [-0.39, 0.29) is 0 Å². The van der Waals surface area contributed by atoms with Crippen LogP contribution >= 0.6 is 0 Å². The van der Waals surface area contributed by atoms with E-state index in [1.54, 1.807) is 0 Å². The fraction of sp³-hybridized carbons (Fsp3) is 1.00. The Balaban J connectivity index is 3.32. The third-order valence-corrected chi connectivity index (χ3v) is 2.42. The van der Waals surface area contributed by atoms with E-state index < -0.39 is 0 Å². The summed E-state index contributed by atoms with van der Waals surface area (Å²) in [6.45, 7) is 4.92. The van der Waals surface area contributed by atoms with Crippen LogP contribution in [0.25, 0.3) is 0 Å². The molecule has 0 saturated heterocycles. The lowest BCUT2D eigenvalue weighted by Gasteiger charge is -2.11. The average Bonchev–Trinajstić information content (AvgIpc) is 2.11. The second-order valence-corrected chi connectivity index (χ2v) is 3.41. The summed E-state index contributed by atoms with van der Waals surface area (Å²) in [7, 11) is 0. The maximum absolute atomic E-state index is 9.91. The first-order valence-corrected chi connectivity index (χ1v) is 5.14. The molecule has 0 N–H and O–H groups in total. The van der Waals surface area contributed by atoms with Gasteiger partial charge in [-0.3, -0.25) is 0 Å². The van der Waals surface area contributed by atoms with Gasteiger partial charge in [0.2, 0.25) is 0 Å². The largest absolute Gasteiger partial charge is 0.151 e. The van der Waals surface area contributed by atoms with Gasteiger partial charge in [0, 0.05) is 0 Å². The lowest BCUT2D eigenvalue weighted by molar-refractivity contribution is 0.422. The molecule has 0 saturated carbocycles. The molecule has 1 atom stereocenters. The molecule has 0 aromatic carbocycles. The van der Waals surface area contributed by atoms with Gasteiger partial charge in [-0.25, -0.2) is 0 Å². The van der Waals surface area contributed by atoms with Gasteiger partial charge >= 0.3 is 0 Å². The van der Waals surface area contributed by atoms with Crippen molar-refractivity contribution < 1.29 is 0 Å². The molecule has 2 heteroatoms. The van der Waals surface area contributed by atoms with Crippen LogP contribution in [0.5, 0.6) is 0 Å². The standard InChI is InChI=1S/C10H21NO/c1-3-5-6-7-10(4-2)8-9-11-12/h10H,3-9H2,1-2H3. The topological polar surface area (TPSA) is 29.4 Å². The summed E-state index contributed by atoms with van der Waals surface area (Å²) < 4.78 is 0. The zero-order valence-electron chi connectivity index (χ0n) is 8.38. The Bertz CT molecular complexity index is 104. The summed E-state index contributed by atoms with van der Waals surface area (Å²) in [5, 5.41) is 2.90. The lowest BCUT2D eigenvalue weighted by Crippen LogP contribution is -2.00. The van der Waals surface area contributed by atoms with Gasteiger partial charge in [-0.2, -0.15) is 4.91 Å². The molecule has 0 bridgehead atoms. The van der Waals surface area contributed by atoms with E-state index in [0.29, 0.717) is 6.54 Å². The molecule has 0 aromatic rings. The highest BCUT2D eigenvalue weighted by molar-refractivity contribution is 4.59. The highest BCUT2D eigenvalue weighted by Crippen LogP contribution is 2.16. The van der Waals surface area contributed by atoms with E-state index in [9.17, 15) is 4.91 Å². The van der Waals surface area contributed by atoms with Crippen molar-refractivity contribution in [2.24, 2.45) is 11.1 Å². The van der Waals surface area contributed by atoms with E-state index in [2.05, 4.69) is 19.0 Å². The van der Waals surface area contributed by atoms with Crippen LogP contribution in [0.4, 0.5) is 0 Å². The summed E-state index contributed by atoms with van der Waals surface area (Å²) in [6.07, 6.45) is 7.38. The molecule has 0 heterocycles. The predicted octanol–water partition coefficient (Wildman–Crippen LogP) is 3.75. The summed E-state index contributed by atoms with van der Waals surface area (Å²) in [4.78, 5) is 9.91. The van der Waals surface area contributed by atoms with Crippen LogP contribution in [0, 0.1) is 10.8 Å². The first kappa shape index (κ1) is 11.6. The zero-order chi connectivity index (χ0) is 9.23. The molecule has 2 nitrogen and oxygen atoms in total. The van der Waals surface area contributed by atoms with Crippen molar-refractivity contribution in [3.8, 4) is 0 Å². The van der Waals surface area contributed by atoms with Gasteiger partial charge in [0.25, 0.3) is 0 Å². The van der Waals surface area contributed by atoms with Gasteiger partial charge in [-0.1, -0.05) is 51.1 Å². The number of unbranched alkanes of at least 4 members (excludes halogenated alkanes) is 2. The molecular weight excluding hydrogens is 150 g/mol. The second-order valence-electron chi connectivity index (χ2n) is 3.41. The molecule has 0 spiro atoms. The fourth-order valence-corrected chi connectivity index (χ4v) is 1.47. The van der Waals surface area contributed by atoms with Crippen LogP contribution in [-0.2, 0) is 0 Å².